The second-order valence-electron chi connectivity index (χ2n) is 20.7. The van der Waals surface area contributed by atoms with Gasteiger partial charge in [0.15, 0.2) is 11.6 Å². The van der Waals surface area contributed by atoms with Crippen molar-refractivity contribution in [3.63, 3.8) is 0 Å². The number of aryl methyl sites for hydroxylation is 1. The summed E-state index contributed by atoms with van der Waals surface area (Å²) in [7, 11) is 0. The van der Waals surface area contributed by atoms with Crippen molar-refractivity contribution in [1.82, 2.24) is 33.2 Å². The maximum Gasteiger partial charge on any atom is 0.238 e. The molecule has 0 N–H and O–H groups in total. The van der Waals surface area contributed by atoms with Crippen molar-refractivity contribution in [3.05, 3.63) is 248 Å². The van der Waals surface area contributed by atoms with Gasteiger partial charge >= 0.3 is 0 Å². The number of para-hydroxylation sites is 6. The van der Waals surface area contributed by atoms with E-state index in [-0.39, 0.29) is 0 Å². The predicted molar refractivity (Wildman–Crippen MR) is 330 cm³/mol. The van der Waals surface area contributed by atoms with Crippen LogP contribution in [-0.2, 0) is 6.42 Å². The van der Waals surface area contributed by atoms with Gasteiger partial charge in [0.05, 0.1) is 44.1 Å². The number of allylic oxidation sites excluding steroid dienone is 3. The van der Waals surface area contributed by atoms with Gasteiger partial charge in [0.25, 0.3) is 0 Å². The van der Waals surface area contributed by atoms with Gasteiger partial charge in [-0.05, 0) is 96.3 Å². The molecule has 0 aliphatic heterocycles. The Balaban J connectivity index is 0.957. The van der Waals surface area contributed by atoms with Crippen LogP contribution in [-0.4, -0.2) is 39.1 Å². The Morgan fingerprint density at radius 1 is 0.468 bits per heavy atom. The zero-order valence-electron chi connectivity index (χ0n) is 43.2. The zero-order chi connectivity index (χ0) is 52.3. The van der Waals surface area contributed by atoms with Crippen molar-refractivity contribution < 1.29 is 0 Å². The average molecular weight is 1010 g/mol. The van der Waals surface area contributed by atoms with Crippen LogP contribution in [0, 0.1) is 0 Å². The molecular formula is C71H48N8. The Morgan fingerprint density at radius 3 is 1.63 bits per heavy atom. The number of aromatic nitrogens is 7. The van der Waals surface area contributed by atoms with E-state index in [4.69, 9.17) is 26.5 Å². The zero-order valence-corrected chi connectivity index (χ0v) is 43.2. The van der Waals surface area contributed by atoms with Gasteiger partial charge in [-0.3, -0.25) is 13.7 Å². The predicted octanol–water partition coefficient (Wildman–Crippen LogP) is 17.7. The molecule has 8 nitrogen and oxygen atoms in total. The number of rotatable bonds is 7. The minimum absolute atomic E-state index is 0.554. The van der Waals surface area contributed by atoms with Crippen LogP contribution < -0.4 is 0 Å². The minimum atomic E-state index is 0.554. The summed E-state index contributed by atoms with van der Waals surface area (Å²) >= 11 is 0. The molecule has 15 aromatic rings. The molecule has 372 valence electrons. The second-order valence-corrected chi connectivity index (χ2v) is 20.7. The fourth-order valence-electron chi connectivity index (χ4n) is 12.7. The quantitative estimate of drug-likeness (QED) is 0.118. The van der Waals surface area contributed by atoms with Crippen LogP contribution in [0.4, 0.5) is 0 Å². The molecular weight excluding hydrogens is 965 g/mol. The van der Waals surface area contributed by atoms with E-state index in [1.807, 2.05) is 0 Å². The van der Waals surface area contributed by atoms with Gasteiger partial charge in [-0.25, -0.2) is 9.98 Å². The normalized spacial score (nSPS) is 13.2. The first-order valence-corrected chi connectivity index (χ1v) is 27.0. The first kappa shape index (κ1) is 44.8. The maximum atomic E-state index is 5.64. The molecule has 8 heteroatoms. The summed E-state index contributed by atoms with van der Waals surface area (Å²) in [4.78, 5) is 21.9. The van der Waals surface area contributed by atoms with E-state index in [1.54, 1.807) is 0 Å². The summed E-state index contributed by atoms with van der Waals surface area (Å²) in [6.45, 7) is 6.95. The third-order valence-electron chi connectivity index (χ3n) is 16.2. The molecule has 1 aliphatic carbocycles. The molecule has 0 atom stereocenters. The molecule has 0 saturated carbocycles. The van der Waals surface area contributed by atoms with Crippen molar-refractivity contribution in [2.75, 3.05) is 0 Å². The second kappa shape index (κ2) is 17.6. The van der Waals surface area contributed by atoms with Crippen LogP contribution in [0.5, 0.6) is 0 Å². The molecule has 0 fully saturated rings. The van der Waals surface area contributed by atoms with Gasteiger partial charge < -0.3 is 4.57 Å². The molecule has 16 rings (SSSR count). The fraction of sp³-hybridized carbons (Fsp3) is 0.0423. The van der Waals surface area contributed by atoms with Crippen LogP contribution in [0.3, 0.4) is 0 Å². The minimum Gasteiger partial charge on any atom is -0.313 e. The highest BCUT2D eigenvalue weighted by Gasteiger charge is 2.25. The number of hydrogen-bond donors (Lipinski definition) is 0. The molecule has 0 unspecified atom stereocenters. The molecule has 0 saturated heterocycles. The SMILES string of the molecule is C=C(N=C(/C=C(\C)n1c2ccccc2c2c1ccc1c3ccccc3n(-c3nc(-c4ccc5c(c4)CCC=C5)nc(-c4ccc5ccccc5c4)n3)c12)n1c2ccccc2c2ccccc21)n1c2ccccc2c2ccccc21. The summed E-state index contributed by atoms with van der Waals surface area (Å²) in [6.07, 6.45) is 8.68. The first-order chi connectivity index (χ1) is 39.0. The van der Waals surface area contributed by atoms with E-state index in [9.17, 15) is 0 Å². The Hall–Kier alpha value is -10.4. The van der Waals surface area contributed by atoms with Gasteiger partial charge in [0, 0.05) is 66.0 Å². The van der Waals surface area contributed by atoms with Crippen molar-refractivity contribution in [2.45, 2.75) is 19.8 Å². The molecule has 0 bridgehead atoms. The van der Waals surface area contributed by atoms with Crippen molar-refractivity contribution in [1.29, 1.82) is 0 Å². The summed E-state index contributed by atoms with van der Waals surface area (Å²) in [6, 6.07) is 77.7. The van der Waals surface area contributed by atoms with Gasteiger partial charge in [0.2, 0.25) is 5.95 Å². The molecule has 5 heterocycles. The van der Waals surface area contributed by atoms with E-state index >= 15 is 0 Å². The van der Waals surface area contributed by atoms with Crippen LogP contribution >= 0.6 is 0 Å². The van der Waals surface area contributed by atoms with Crippen LogP contribution in [0.25, 0.3) is 144 Å². The molecule has 0 amide bonds. The van der Waals surface area contributed by atoms with E-state index < -0.39 is 0 Å². The average Bonchev–Trinajstić information content (AvgIpc) is 4.02. The Bertz CT molecular complexity index is 5080. The smallest absolute Gasteiger partial charge is 0.238 e. The molecule has 5 aromatic heterocycles. The van der Waals surface area contributed by atoms with Crippen molar-refractivity contribution in [2.24, 2.45) is 4.99 Å². The lowest BCUT2D eigenvalue weighted by Crippen LogP contribution is -2.12. The van der Waals surface area contributed by atoms with E-state index in [2.05, 4.69) is 262 Å². The number of nitrogens with zero attached hydrogens (tertiary/aromatic N) is 8. The lowest BCUT2D eigenvalue weighted by molar-refractivity contribution is 0.952. The highest BCUT2D eigenvalue weighted by atomic mass is 15.2. The van der Waals surface area contributed by atoms with Gasteiger partial charge in [0.1, 0.15) is 11.7 Å². The third-order valence-corrected chi connectivity index (χ3v) is 16.2. The van der Waals surface area contributed by atoms with Crippen LogP contribution in [0.15, 0.2) is 242 Å². The van der Waals surface area contributed by atoms with E-state index in [1.165, 1.54) is 11.1 Å². The Kier molecular flexibility index (Phi) is 9.96. The van der Waals surface area contributed by atoms with Crippen LogP contribution in [0.1, 0.15) is 24.5 Å². The topological polar surface area (TPSA) is 70.8 Å². The lowest BCUT2D eigenvalue weighted by atomic mass is 9.95. The molecule has 79 heavy (non-hydrogen) atoms. The van der Waals surface area contributed by atoms with Gasteiger partial charge in [-0.15, -0.1) is 0 Å². The summed E-state index contributed by atoms with van der Waals surface area (Å²) < 4.78 is 9.15. The standard InChI is InChI=1S/C71H48N8/c1-44(41-66(78-61-31-15-9-25-54(61)55-26-10-16-32-62(55)78)72-45(2)77-59-29-13-7-23-52(59)53-24-8-14-30-60(53)77)76-64-34-18-12-28-58(64)67-65(76)40-39-57-56-27-11-17-33-63(56)79(68(57)67)71-74-69(50-37-35-46-19-3-5-21-48(46)42-50)73-70(75-71)51-38-36-47-20-4-6-22-49(47)43-51/h3-5,7-21,23-43H,2,6,22H2,1H3/b44-41+,72-66?. The number of benzene rings is 10. The highest BCUT2D eigenvalue weighted by molar-refractivity contribution is 6.27. The van der Waals surface area contributed by atoms with Crippen LogP contribution in [0.2, 0.25) is 0 Å². The molecule has 1 aliphatic rings. The summed E-state index contributed by atoms with van der Waals surface area (Å²) in [5, 5.41) is 11.3. The Labute approximate surface area is 454 Å². The molecule has 10 aromatic carbocycles. The largest absolute Gasteiger partial charge is 0.313 e. The molecule has 0 radical (unpaired) electrons. The number of aliphatic imine (C=N–C) groups is 1. The first-order valence-electron chi connectivity index (χ1n) is 27.0. The van der Waals surface area contributed by atoms with E-state index in [0.717, 1.165) is 133 Å². The maximum absolute atomic E-state index is 5.64. The fourth-order valence-corrected chi connectivity index (χ4v) is 12.7. The molecule has 0 spiro atoms. The van der Waals surface area contributed by atoms with Gasteiger partial charge in [-0.1, -0.05) is 183 Å². The van der Waals surface area contributed by atoms with Crippen molar-refractivity contribution in [3.8, 4) is 28.7 Å². The van der Waals surface area contributed by atoms with Gasteiger partial charge in [-0.2, -0.15) is 9.97 Å². The Morgan fingerprint density at radius 2 is 0.987 bits per heavy atom. The monoisotopic (exact) mass is 1010 g/mol. The number of fused-ring (bicyclic) bond motifs is 15. The van der Waals surface area contributed by atoms with E-state index in [0.29, 0.717) is 23.4 Å². The lowest BCUT2D eigenvalue weighted by Gasteiger charge is -2.15. The highest BCUT2D eigenvalue weighted by Crippen LogP contribution is 2.43. The summed E-state index contributed by atoms with van der Waals surface area (Å²) in [5.41, 5.74) is 13.8. The third kappa shape index (κ3) is 6.94. The summed E-state index contributed by atoms with van der Waals surface area (Å²) in [5.74, 6) is 3.14. The van der Waals surface area contributed by atoms with Crippen molar-refractivity contribution >= 4 is 121 Å². The number of hydrogen-bond acceptors (Lipinski definition) is 4.